The molecule has 328 valence electrons. The van der Waals surface area contributed by atoms with Gasteiger partial charge in [-0.05, 0) is 131 Å². The Bertz CT molecular complexity index is 1670. The summed E-state index contributed by atoms with van der Waals surface area (Å²) in [6.07, 6.45) is 14.2. The molecule has 1 aliphatic carbocycles. The third-order valence-corrected chi connectivity index (χ3v) is 13.0. The number of likely N-dealkylation sites (tertiary alicyclic amines) is 1. The molecule has 0 amide bonds. The van der Waals surface area contributed by atoms with Crippen LogP contribution < -0.4 is 0 Å². The molecule has 10 nitrogen and oxygen atoms in total. The van der Waals surface area contributed by atoms with Gasteiger partial charge in [-0.15, -0.1) is 5.10 Å². The zero-order chi connectivity index (χ0) is 43.1. The number of aliphatic hydroxyl groups is 2. The van der Waals surface area contributed by atoms with Crippen molar-refractivity contribution in [2.45, 2.75) is 149 Å². The lowest BCUT2D eigenvalue weighted by Crippen LogP contribution is -2.40. The first kappa shape index (κ1) is 48.1. The predicted octanol–water partition coefficient (Wildman–Crippen LogP) is 8.81. The number of allylic oxidation sites excluding steroid dienone is 4. The van der Waals surface area contributed by atoms with Gasteiger partial charge in [-0.1, -0.05) is 69.5 Å². The maximum Gasteiger partial charge on any atom is 0.120 e. The van der Waals surface area contributed by atoms with Gasteiger partial charge in [0.2, 0.25) is 0 Å². The molecule has 0 radical (unpaired) electrons. The molecule has 6 atom stereocenters. The van der Waals surface area contributed by atoms with Gasteiger partial charge in [0.15, 0.2) is 0 Å². The second kappa shape index (κ2) is 24.0. The summed E-state index contributed by atoms with van der Waals surface area (Å²) in [4.78, 5) is 15.9. The fourth-order valence-corrected chi connectivity index (χ4v) is 8.81. The molecule has 1 saturated heterocycles. The van der Waals surface area contributed by atoms with Gasteiger partial charge in [0.1, 0.15) is 6.29 Å². The third-order valence-electron chi connectivity index (χ3n) is 13.0. The Balaban J connectivity index is 1.41. The number of unbranched alkanes of at least 4 members (excludes halogenated alkanes) is 2. The first-order chi connectivity index (χ1) is 28.2. The molecule has 4 rings (SSSR count). The second-order valence-corrected chi connectivity index (χ2v) is 17.9. The van der Waals surface area contributed by atoms with E-state index in [4.69, 9.17) is 9.47 Å². The topological polar surface area (TPSA) is 113 Å². The Morgan fingerprint density at radius 3 is 2.41 bits per heavy atom. The van der Waals surface area contributed by atoms with Crippen molar-refractivity contribution >= 4 is 12.4 Å². The van der Waals surface area contributed by atoms with E-state index in [2.05, 4.69) is 99.7 Å². The molecule has 2 aliphatic rings. The number of benzene rings is 1. The highest BCUT2D eigenvalue weighted by atomic mass is 16.5. The normalized spacial score (nSPS) is 21.1. The standard InChI is InChI=1S/C49H77N5O5/c1-34(2)41(9)52(10)39(7)29-44(32-45-33-53(51-50-45)21-24-59-26-25-58-23-13-11-12-20-54-37(5)16-17-38(54)6)46-19-18-43(30-42-28-36(4)49(57)48(56)31-42)47(40(46)8)27-35(3)15-14-22-55/h18-19,22,27,33-34,36,41-42,44,48-49,56-57H,5-7,11-17,20-21,23-26,28-32H2,1-4,8-10H3/b35-27+. The van der Waals surface area contributed by atoms with Crippen LogP contribution in [0.5, 0.6) is 0 Å². The van der Waals surface area contributed by atoms with Crippen molar-refractivity contribution in [3.63, 3.8) is 0 Å². The number of carbonyl (C=O) groups excluding carboxylic acids is 1. The molecular weight excluding hydrogens is 739 g/mol. The SMILES string of the molecule is C=C1CCC(=C)N1CCCCCOCCOCCn1cc(CC(CC(=C)N(C)C(C)C(C)C)c2ccc(CC3CC(C)C(O)C(O)C3)c(/C=C(\C)CCC=O)c2C)nn1. The summed E-state index contributed by atoms with van der Waals surface area (Å²) >= 11 is 0. The Kier molecular flexibility index (Phi) is 19.6. The predicted molar refractivity (Wildman–Crippen MR) is 240 cm³/mol. The van der Waals surface area contributed by atoms with Gasteiger partial charge >= 0.3 is 0 Å². The minimum absolute atomic E-state index is 0.0469. The molecule has 6 unspecified atom stereocenters. The van der Waals surface area contributed by atoms with E-state index in [1.54, 1.807) is 0 Å². The summed E-state index contributed by atoms with van der Waals surface area (Å²) in [6, 6.07) is 4.89. The van der Waals surface area contributed by atoms with Crippen molar-refractivity contribution in [2.24, 2.45) is 17.8 Å². The molecule has 2 aromatic rings. The van der Waals surface area contributed by atoms with E-state index in [1.165, 1.54) is 33.6 Å². The lowest BCUT2D eigenvalue weighted by atomic mass is 9.75. The number of aldehydes is 1. The number of ether oxygens (including phenoxy) is 2. The summed E-state index contributed by atoms with van der Waals surface area (Å²) in [6.45, 7) is 30.0. The van der Waals surface area contributed by atoms with Crippen LogP contribution in [0.15, 0.2) is 60.7 Å². The van der Waals surface area contributed by atoms with E-state index in [0.717, 1.165) is 87.8 Å². The second-order valence-electron chi connectivity index (χ2n) is 17.9. The van der Waals surface area contributed by atoms with E-state index < -0.39 is 12.2 Å². The van der Waals surface area contributed by atoms with Crippen LogP contribution in [0, 0.1) is 24.7 Å². The molecule has 2 fully saturated rings. The Morgan fingerprint density at radius 2 is 1.73 bits per heavy atom. The first-order valence-corrected chi connectivity index (χ1v) is 22.4. The van der Waals surface area contributed by atoms with Gasteiger partial charge in [0.05, 0.1) is 44.3 Å². The van der Waals surface area contributed by atoms with E-state index in [9.17, 15) is 15.0 Å². The average molecular weight is 816 g/mol. The Morgan fingerprint density at radius 1 is 1.02 bits per heavy atom. The summed E-state index contributed by atoms with van der Waals surface area (Å²) in [5.41, 5.74) is 10.5. The maximum atomic E-state index is 11.3. The molecular formula is C49H77N5O5. The highest BCUT2D eigenvalue weighted by Gasteiger charge is 2.34. The molecule has 2 N–H and O–H groups in total. The summed E-state index contributed by atoms with van der Waals surface area (Å²) in [7, 11) is 2.15. The molecule has 59 heavy (non-hydrogen) atoms. The van der Waals surface area contributed by atoms with E-state index >= 15 is 0 Å². The van der Waals surface area contributed by atoms with E-state index in [-0.39, 0.29) is 17.8 Å². The highest BCUT2D eigenvalue weighted by Crippen LogP contribution is 2.38. The minimum Gasteiger partial charge on any atom is -0.390 e. The van der Waals surface area contributed by atoms with Crippen molar-refractivity contribution in [3.05, 3.63) is 88.7 Å². The van der Waals surface area contributed by atoms with Crippen LogP contribution in [-0.4, -0.2) is 99.6 Å². The van der Waals surface area contributed by atoms with Crippen molar-refractivity contribution in [1.82, 2.24) is 24.8 Å². The number of hydrogen-bond acceptors (Lipinski definition) is 9. The maximum absolute atomic E-state index is 11.3. The van der Waals surface area contributed by atoms with Crippen LogP contribution in [0.2, 0.25) is 0 Å². The largest absolute Gasteiger partial charge is 0.390 e. The molecule has 0 spiro atoms. The van der Waals surface area contributed by atoms with Crippen LogP contribution in [0.3, 0.4) is 0 Å². The number of rotatable bonds is 26. The molecule has 1 aromatic heterocycles. The van der Waals surface area contributed by atoms with Crippen LogP contribution in [0.1, 0.15) is 133 Å². The van der Waals surface area contributed by atoms with E-state index in [1.807, 2.05) is 17.8 Å². The zero-order valence-corrected chi connectivity index (χ0v) is 37.6. The fourth-order valence-electron chi connectivity index (χ4n) is 8.81. The number of aliphatic hydroxyl groups excluding tert-OH is 2. The Hall–Kier alpha value is -3.57. The van der Waals surface area contributed by atoms with Crippen molar-refractivity contribution < 1.29 is 24.5 Å². The lowest BCUT2D eigenvalue weighted by Gasteiger charge is -2.35. The van der Waals surface area contributed by atoms with Gasteiger partial charge in [0, 0.05) is 62.4 Å². The smallest absolute Gasteiger partial charge is 0.120 e. The summed E-state index contributed by atoms with van der Waals surface area (Å²) < 4.78 is 13.6. The van der Waals surface area contributed by atoms with Crippen molar-refractivity contribution in [3.8, 4) is 0 Å². The molecule has 1 aliphatic heterocycles. The van der Waals surface area contributed by atoms with Crippen molar-refractivity contribution in [1.29, 1.82) is 0 Å². The molecule has 10 heteroatoms. The number of carbonyl (C=O) groups is 1. The molecule has 1 saturated carbocycles. The summed E-state index contributed by atoms with van der Waals surface area (Å²) in [5.74, 6) is 0.902. The van der Waals surface area contributed by atoms with Gasteiger partial charge in [0.25, 0.3) is 0 Å². The molecule has 1 aromatic carbocycles. The van der Waals surface area contributed by atoms with Crippen LogP contribution in [0.25, 0.3) is 6.08 Å². The van der Waals surface area contributed by atoms with Gasteiger partial charge in [-0.25, -0.2) is 4.68 Å². The third kappa shape index (κ3) is 14.5. The number of hydrogen-bond donors (Lipinski definition) is 2. The van der Waals surface area contributed by atoms with Crippen LogP contribution in [-0.2, 0) is 33.7 Å². The number of nitrogens with zero attached hydrogens (tertiary/aromatic N) is 5. The average Bonchev–Trinajstić information content (AvgIpc) is 3.79. The van der Waals surface area contributed by atoms with Crippen LogP contribution in [0.4, 0.5) is 0 Å². The van der Waals surface area contributed by atoms with E-state index in [0.29, 0.717) is 64.0 Å². The van der Waals surface area contributed by atoms with Gasteiger partial charge in [-0.2, -0.15) is 0 Å². The summed E-state index contributed by atoms with van der Waals surface area (Å²) in [5, 5.41) is 30.2. The Labute approximate surface area is 356 Å². The van der Waals surface area contributed by atoms with Crippen molar-refractivity contribution in [2.75, 3.05) is 40.0 Å². The quantitative estimate of drug-likeness (QED) is 0.0711. The minimum atomic E-state index is -0.703. The molecule has 2 heterocycles. The lowest BCUT2D eigenvalue weighted by molar-refractivity contribution is -0.107. The highest BCUT2D eigenvalue weighted by molar-refractivity contribution is 5.63. The first-order valence-electron chi connectivity index (χ1n) is 22.4. The zero-order valence-electron chi connectivity index (χ0n) is 37.6. The van der Waals surface area contributed by atoms with Crippen LogP contribution >= 0.6 is 0 Å². The number of aromatic nitrogens is 3. The van der Waals surface area contributed by atoms with Gasteiger partial charge in [-0.3, -0.25) is 0 Å². The monoisotopic (exact) mass is 816 g/mol. The fraction of sp³-hybridized carbons (Fsp3) is 0.653. The molecule has 0 bridgehead atoms. The van der Waals surface area contributed by atoms with Gasteiger partial charge < -0.3 is 34.3 Å².